The molecule has 0 saturated heterocycles. The summed E-state index contributed by atoms with van der Waals surface area (Å²) in [6.07, 6.45) is 2.12. The van der Waals surface area contributed by atoms with E-state index < -0.39 is 24.9 Å². The summed E-state index contributed by atoms with van der Waals surface area (Å²) in [5.74, 6) is -0.173. The van der Waals surface area contributed by atoms with Crippen molar-refractivity contribution in [1.82, 2.24) is 19.5 Å². The molecule has 1 unspecified atom stereocenters. The lowest BCUT2D eigenvalue weighted by Crippen LogP contribution is -2.31. The Balaban J connectivity index is 1.98. The van der Waals surface area contributed by atoms with Crippen molar-refractivity contribution < 1.29 is 13.2 Å². The molecule has 0 saturated carbocycles. The maximum atomic E-state index is 14.2. The zero-order valence-electron chi connectivity index (χ0n) is 16.5. The van der Waals surface area contributed by atoms with Gasteiger partial charge in [-0.25, -0.2) is 14.4 Å². The zero-order chi connectivity index (χ0) is 24.3. The summed E-state index contributed by atoms with van der Waals surface area (Å²) in [4.78, 5) is 35.1. The van der Waals surface area contributed by atoms with E-state index in [4.69, 9.17) is 16.9 Å². The van der Waals surface area contributed by atoms with E-state index in [9.17, 15) is 22.8 Å². The number of aromatic amines is 1. The Kier molecular flexibility index (Phi) is 8.17. The van der Waals surface area contributed by atoms with Crippen molar-refractivity contribution in [2.45, 2.75) is 27.5 Å². The number of aryl methyl sites for hydroxylation is 1. The molecule has 0 aliphatic heterocycles. The van der Waals surface area contributed by atoms with Crippen LogP contribution in [0.4, 0.5) is 13.2 Å². The molecule has 2 heterocycles. The van der Waals surface area contributed by atoms with Gasteiger partial charge in [-0.1, -0.05) is 11.6 Å². The molecule has 0 fully saturated rings. The Bertz CT molecular complexity index is 1350. The summed E-state index contributed by atoms with van der Waals surface area (Å²) < 4.78 is 37.7. The third kappa shape index (κ3) is 6.33. The zero-order valence-corrected chi connectivity index (χ0v) is 21.5. The minimum absolute atomic E-state index is 0.0353. The van der Waals surface area contributed by atoms with Crippen LogP contribution in [0, 0.1) is 11.3 Å². The lowest BCUT2D eigenvalue weighted by atomic mass is 10.0. The Hall–Kier alpha value is -1.99. The highest BCUT2D eigenvalue weighted by Crippen LogP contribution is 2.35. The molecule has 33 heavy (non-hydrogen) atoms. The van der Waals surface area contributed by atoms with E-state index in [0.29, 0.717) is 16.1 Å². The van der Waals surface area contributed by atoms with Crippen molar-refractivity contribution >= 4 is 56.8 Å². The SMILES string of the molecule is N#Cc1cc(Cl)cc(CCc2c(C(F)(F)I)ncn(Cc3cnc(C(F)I)[nH]c3=O)c2=O)c1. The van der Waals surface area contributed by atoms with Crippen LogP contribution in [0.1, 0.15) is 38.0 Å². The number of nitrogens with zero attached hydrogens (tertiary/aromatic N) is 4. The molecular formula is C20H13ClF3I2N5O2. The summed E-state index contributed by atoms with van der Waals surface area (Å²) in [5, 5.41) is 9.40. The van der Waals surface area contributed by atoms with E-state index >= 15 is 0 Å². The van der Waals surface area contributed by atoms with E-state index in [1.807, 2.05) is 6.07 Å². The number of hydrogen-bond acceptors (Lipinski definition) is 5. The van der Waals surface area contributed by atoms with E-state index in [2.05, 4.69) is 15.0 Å². The van der Waals surface area contributed by atoms with Crippen molar-refractivity contribution in [2.75, 3.05) is 0 Å². The van der Waals surface area contributed by atoms with Crippen LogP contribution in [0.5, 0.6) is 0 Å². The number of hydrogen-bond donors (Lipinski definition) is 1. The summed E-state index contributed by atoms with van der Waals surface area (Å²) >= 11 is 8.33. The number of benzene rings is 1. The van der Waals surface area contributed by atoms with Gasteiger partial charge in [-0.05, 0) is 59.2 Å². The molecule has 1 atom stereocenters. The molecule has 13 heteroatoms. The number of rotatable bonds is 7. The molecule has 0 spiro atoms. The van der Waals surface area contributed by atoms with Crippen LogP contribution in [-0.2, 0) is 23.3 Å². The van der Waals surface area contributed by atoms with Gasteiger partial charge >= 0.3 is 3.93 Å². The number of nitrogens with one attached hydrogen (secondary N) is 1. The van der Waals surface area contributed by atoms with Crippen LogP contribution in [-0.4, -0.2) is 19.5 Å². The second kappa shape index (κ2) is 10.5. The van der Waals surface area contributed by atoms with Gasteiger partial charge < -0.3 is 4.98 Å². The molecule has 1 aromatic carbocycles. The predicted octanol–water partition coefficient (Wildman–Crippen LogP) is 4.57. The first-order valence-electron chi connectivity index (χ1n) is 9.21. The fraction of sp³-hybridized carbons (Fsp3) is 0.250. The van der Waals surface area contributed by atoms with Crippen molar-refractivity contribution in [3.63, 3.8) is 0 Å². The minimum Gasteiger partial charge on any atom is -0.307 e. The first-order valence-corrected chi connectivity index (χ1v) is 11.9. The van der Waals surface area contributed by atoms with Gasteiger partial charge in [0.25, 0.3) is 11.1 Å². The van der Waals surface area contributed by atoms with Gasteiger partial charge in [0.2, 0.25) is 4.18 Å². The second-order valence-electron chi connectivity index (χ2n) is 6.89. The van der Waals surface area contributed by atoms with Crippen LogP contribution in [0.2, 0.25) is 5.02 Å². The predicted molar refractivity (Wildman–Crippen MR) is 132 cm³/mol. The largest absolute Gasteiger partial charge is 0.338 e. The highest BCUT2D eigenvalue weighted by Gasteiger charge is 2.33. The van der Waals surface area contributed by atoms with Crippen molar-refractivity contribution in [1.29, 1.82) is 5.26 Å². The average molecular weight is 702 g/mol. The first-order chi connectivity index (χ1) is 15.5. The van der Waals surface area contributed by atoms with Gasteiger partial charge in [-0.2, -0.15) is 14.0 Å². The minimum atomic E-state index is -3.41. The topological polar surface area (TPSA) is 104 Å². The van der Waals surface area contributed by atoms with Gasteiger partial charge in [-0.15, -0.1) is 0 Å². The van der Waals surface area contributed by atoms with E-state index in [1.54, 1.807) is 12.1 Å². The third-order valence-corrected chi connectivity index (χ3v) is 5.91. The Morgan fingerprint density at radius 1 is 1.24 bits per heavy atom. The lowest BCUT2D eigenvalue weighted by Gasteiger charge is -2.15. The summed E-state index contributed by atoms with van der Waals surface area (Å²) in [6.45, 7) is -0.289. The molecule has 0 aliphatic rings. The lowest BCUT2D eigenvalue weighted by molar-refractivity contribution is 0.120. The van der Waals surface area contributed by atoms with Crippen molar-refractivity contribution in [3.05, 3.63) is 90.2 Å². The van der Waals surface area contributed by atoms with Gasteiger partial charge in [0.05, 0.1) is 30.1 Å². The molecule has 0 bridgehead atoms. The maximum absolute atomic E-state index is 14.2. The number of H-pyrrole nitrogens is 1. The van der Waals surface area contributed by atoms with Gasteiger partial charge in [0.15, 0.2) is 5.82 Å². The highest BCUT2D eigenvalue weighted by atomic mass is 127. The van der Waals surface area contributed by atoms with Crippen LogP contribution in [0.3, 0.4) is 0 Å². The Morgan fingerprint density at radius 3 is 2.58 bits per heavy atom. The fourth-order valence-electron chi connectivity index (χ4n) is 3.09. The van der Waals surface area contributed by atoms with Crippen LogP contribution in [0.25, 0.3) is 0 Å². The first kappa shape index (κ1) is 25.6. The van der Waals surface area contributed by atoms with Gasteiger partial charge in [0, 0.05) is 39.4 Å². The second-order valence-corrected chi connectivity index (χ2v) is 9.77. The molecule has 0 radical (unpaired) electrons. The number of halogens is 6. The molecule has 3 aromatic rings. The monoisotopic (exact) mass is 701 g/mol. The third-order valence-electron chi connectivity index (χ3n) is 4.59. The normalized spacial score (nSPS) is 12.4. The molecule has 7 nitrogen and oxygen atoms in total. The van der Waals surface area contributed by atoms with Gasteiger partial charge in [-0.3, -0.25) is 14.2 Å². The summed E-state index contributed by atoms with van der Waals surface area (Å²) in [7, 11) is 0. The molecule has 3 rings (SSSR count). The van der Waals surface area contributed by atoms with E-state index in [0.717, 1.165) is 39.7 Å². The molecule has 1 N–H and O–H groups in total. The standard InChI is InChI=1S/C20H13ClF3I2N5O2/c21-13-4-10(3-11(5-13)6-27)1-2-14-15(20(23,24)26)29-9-31(19(14)33)8-12-7-28-17(16(22)25)30-18(12)32/h3-5,7,9,16H,1-2,8H2,(H,28,30,32). The summed E-state index contributed by atoms with van der Waals surface area (Å²) in [5.41, 5.74) is -1.39. The fourth-order valence-corrected chi connectivity index (χ4v) is 4.12. The molecule has 172 valence electrons. The van der Waals surface area contributed by atoms with E-state index in [1.165, 1.54) is 28.7 Å². The van der Waals surface area contributed by atoms with Crippen molar-refractivity contribution in [3.8, 4) is 6.07 Å². The Labute approximate surface area is 217 Å². The molecule has 0 amide bonds. The average Bonchev–Trinajstić information content (AvgIpc) is 2.74. The maximum Gasteiger partial charge on any atom is 0.338 e. The van der Waals surface area contributed by atoms with E-state index in [-0.39, 0.29) is 36.3 Å². The molecule has 0 aliphatic carbocycles. The molecule has 2 aromatic heterocycles. The number of alkyl halides is 5. The van der Waals surface area contributed by atoms with Crippen LogP contribution < -0.4 is 11.1 Å². The summed E-state index contributed by atoms with van der Waals surface area (Å²) in [6, 6.07) is 6.56. The number of nitriles is 1. The van der Waals surface area contributed by atoms with Crippen molar-refractivity contribution in [2.24, 2.45) is 0 Å². The van der Waals surface area contributed by atoms with Crippen LogP contribution in [0.15, 0.2) is 40.3 Å². The number of aromatic nitrogens is 4. The Morgan fingerprint density at radius 2 is 1.97 bits per heavy atom. The molecular weight excluding hydrogens is 689 g/mol. The highest BCUT2D eigenvalue weighted by molar-refractivity contribution is 14.1. The van der Waals surface area contributed by atoms with Gasteiger partial charge in [0.1, 0.15) is 5.69 Å². The van der Waals surface area contributed by atoms with Crippen LogP contribution >= 0.6 is 56.8 Å². The smallest absolute Gasteiger partial charge is 0.307 e. The quantitative estimate of drug-likeness (QED) is 0.287.